The van der Waals surface area contributed by atoms with Crippen molar-refractivity contribution in [2.45, 2.75) is 44.1 Å². The molecular weight excluding hydrogens is 248 g/mol. The Bertz CT molecular complexity index is 480. The molecule has 1 saturated heterocycles. The summed E-state index contributed by atoms with van der Waals surface area (Å²) in [6, 6.07) is 8.89. The van der Waals surface area contributed by atoms with Gasteiger partial charge in [0.25, 0.3) is 0 Å². The van der Waals surface area contributed by atoms with Crippen LogP contribution in [0.2, 0.25) is 0 Å². The maximum absolute atomic E-state index is 12.9. The minimum Gasteiger partial charge on any atom is -0.342 e. The standard InChI is InChI=1S/C17H24N2O/c1-19(14-9-11-18-12-10-14)17(20)16-8-4-6-13-5-2-3-7-15(13)16/h2-3,5,7,14,16,18H,4,6,8-12H2,1H3. The van der Waals surface area contributed by atoms with Crippen molar-refractivity contribution in [1.29, 1.82) is 0 Å². The van der Waals surface area contributed by atoms with Crippen LogP contribution >= 0.6 is 0 Å². The highest BCUT2D eigenvalue weighted by atomic mass is 16.2. The maximum Gasteiger partial charge on any atom is 0.230 e. The van der Waals surface area contributed by atoms with Gasteiger partial charge in [0.05, 0.1) is 5.92 Å². The first-order chi connectivity index (χ1) is 9.77. The van der Waals surface area contributed by atoms with Crippen LogP contribution in [0.5, 0.6) is 0 Å². The summed E-state index contributed by atoms with van der Waals surface area (Å²) in [7, 11) is 2.00. The average molecular weight is 272 g/mol. The third-order valence-corrected chi connectivity index (χ3v) is 4.87. The number of nitrogens with zero attached hydrogens (tertiary/aromatic N) is 1. The fourth-order valence-electron chi connectivity index (χ4n) is 3.63. The molecule has 1 unspecified atom stereocenters. The SMILES string of the molecule is CN(C(=O)C1CCCc2ccccc21)C1CCNCC1. The molecule has 1 aromatic rings. The minimum absolute atomic E-state index is 0.0832. The molecule has 1 aliphatic heterocycles. The van der Waals surface area contributed by atoms with Gasteiger partial charge < -0.3 is 10.2 Å². The van der Waals surface area contributed by atoms with Gasteiger partial charge in [0, 0.05) is 13.1 Å². The van der Waals surface area contributed by atoms with Crippen molar-refractivity contribution in [3.05, 3.63) is 35.4 Å². The number of carbonyl (C=O) groups excluding carboxylic acids is 1. The van der Waals surface area contributed by atoms with Crippen LogP contribution in [0.15, 0.2) is 24.3 Å². The van der Waals surface area contributed by atoms with Gasteiger partial charge in [-0.25, -0.2) is 0 Å². The third-order valence-electron chi connectivity index (χ3n) is 4.87. The molecule has 108 valence electrons. The molecule has 1 amide bonds. The molecule has 0 spiro atoms. The normalized spacial score (nSPS) is 23.1. The number of amides is 1. The lowest BCUT2D eigenvalue weighted by Gasteiger charge is -2.35. The summed E-state index contributed by atoms with van der Waals surface area (Å²) in [4.78, 5) is 14.9. The number of aryl methyl sites for hydroxylation is 1. The van der Waals surface area contributed by atoms with Crippen molar-refractivity contribution in [2.75, 3.05) is 20.1 Å². The van der Waals surface area contributed by atoms with E-state index in [9.17, 15) is 4.79 Å². The summed E-state index contributed by atoms with van der Waals surface area (Å²) < 4.78 is 0. The van der Waals surface area contributed by atoms with Gasteiger partial charge in [-0.2, -0.15) is 0 Å². The number of hydrogen-bond donors (Lipinski definition) is 1. The van der Waals surface area contributed by atoms with Gasteiger partial charge in [-0.3, -0.25) is 4.79 Å². The van der Waals surface area contributed by atoms with Gasteiger partial charge in [0.15, 0.2) is 0 Å². The zero-order chi connectivity index (χ0) is 13.9. The minimum atomic E-state index is 0.0832. The number of benzene rings is 1. The second kappa shape index (κ2) is 5.96. The Morgan fingerprint density at radius 3 is 2.75 bits per heavy atom. The molecule has 1 heterocycles. The largest absolute Gasteiger partial charge is 0.342 e. The summed E-state index contributed by atoms with van der Waals surface area (Å²) in [6.45, 7) is 2.06. The fourth-order valence-corrected chi connectivity index (χ4v) is 3.63. The first-order valence-corrected chi connectivity index (χ1v) is 7.82. The molecule has 1 fully saturated rings. The molecule has 2 aliphatic rings. The van der Waals surface area contributed by atoms with E-state index < -0.39 is 0 Å². The van der Waals surface area contributed by atoms with Gasteiger partial charge >= 0.3 is 0 Å². The molecule has 1 aromatic carbocycles. The smallest absolute Gasteiger partial charge is 0.230 e. The Kier molecular flexibility index (Phi) is 4.06. The average Bonchev–Trinajstić information content (AvgIpc) is 2.54. The maximum atomic E-state index is 12.9. The Morgan fingerprint density at radius 2 is 1.95 bits per heavy atom. The molecule has 0 radical (unpaired) electrons. The zero-order valence-electron chi connectivity index (χ0n) is 12.3. The van der Waals surface area contributed by atoms with Crippen LogP contribution in [0.1, 0.15) is 42.7 Å². The van der Waals surface area contributed by atoms with Crippen molar-refractivity contribution >= 4 is 5.91 Å². The Labute approximate surface area is 121 Å². The van der Waals surface area contributed by atoms with Crippen molar-refractivity contribution < 1.29 is 4.79 Å². The lowest BCUT2D eigenvalue weighted by atomic mass is 9.82. The highest BCUT2D eigenvalue weighted by Crippen LogP contribution is 2.33. The first kappa shape index (κ1) is 13.6. The van der Waals surface area contributed by atoms with Crippen LogP contribution in [0.3, 0.4) is 0 Å². The number of hydrogen-bond acceptors (Lipinski definition) is 2. The van der Waals surface area contributed by atoms with E-state index in [1.807, 2.05) is 11.9 Å². The lowest BCUT2D eigenvalue weighted by molar-refractivity contribution is -0.134. The van der Waals surface area contributed by atoms with E-state index in [2.05, 4.69) is 29.6 Å². The van der Waals surface area contributed by atoms with Gasteiger partial charge in [0.2, 0.25) is 5.91 Å². The summed E-state index contributed by atoms with van der Waals surface area (Å²) in [5.74, 6) is 0.406. The summed E-state index contributed by atoms with van der Waals surface area (Å²) >= 11 is 0. The number of fused-ring (bicyclic) bond motifs is 1. The summed E-state index contributed by atoms with van der Waals surface area (Å²) in [5, 5.41) is 3.37. The number of nitrogens with one attached hydrogen (secondary N) is 1. The quantitative estimate of drug-likeness (QED) is 0.896. The van der Waals surface area contributed by atoms with Crippen LogP contribution < -0.4 is 5.32 Å². The van der Waals surface area contributed by atoms with E-state index in [1.54, 1.807) is 0 Å². The van der Waals surface area contributed by atoms with E-state index in [4.69, 9.17) is 0 Å². The van der Waals surface area contributed by atoms with Crippen LogP contribution in [0.25, 0.3) is 0 Å². The molecule has 0 aromatic heterocycles. The second-order valence-corrected chi connectivity index (χ2v) is 6.07. The Balaban J connectivity index is 1.77. The molecule has 0 bridgehead atoms. The molecule has 1 atom stereocenters. The van der Waals surface area contributed by atoms with Gasteiger partial charge in [-0.05, 0) is 56.3 Å². The van der Waals surface area contributed by atoms with Crippen LogP contribution in [-0.4, -0.2) is 37.0 Å². The van der Waals surface area contributed by atoms with Crippen molar-refractivity contribution in [2.24, 2.45) is 0 Å². The topological polar surface area (TPSA) is 32.3 Å². The van der Waals surface area contributed by atoms with E-state index in [0.29, 0.717) is 11.9 Å². The highest BCUT2D eigenvalue weighted by molar-refractivity contribution is 5.84. The summed E-state index contributed by atoms with van der Waals surface area (Å²) in [6.07, 6.45) is 5.42. The predicted molar refractivity (Wildman–Crippen MR) is 80.8 cm³/mol. The number of rotatable bonds is 2. The molecule has 0 saturated carbocycles. The van der Waals surface area contributed by atoms with E-state index in [-0.39, 0.29) is 5.92 Å². The first-order valence-electron chi connectivity index (χ1n) is 7.82. The monoisotopic (exact) mass is 272 g/mol. The van der Waals surface area contributed by atoms with Crippen molar-refractivity contribution in [3.8, 4) is 0 Å². The van der Waals surface area contributed by atoms with E-state index in [1.165, 1.54) is 11.1 Å². The van der Waals surface area contributed by atoms with Crippen molar-refractivity contribution in [3.63, 3.8) is 0 Å². The molecule has 3 rings (SSSR count). The predicted octanol–water partition coefficient (Wildman–Crippen LogP) is 2.32. The fraction of sp³-hybridized carbons (Fsp3) is 0.588. The zero-order valence-corrected chi connectivity index (χ0v) is 12.3. The molecule has 1 N–H and O–H groups in total. The molecule has 3 heteroatoms. The molecule has 20 heavy (non-hydrogen) atoms. The molecule has 1 aliphatic carbocycles. The van der Waals surface area contributed by atoms with E-state index in [0.717, 1.165) is 45.2 Å². The van der Waals surface area contributed by atoms with Gasteiger partial charge in [0.1, 0.15) is 0 Å². The Morgan fingerprint density at radius 1 is 1.20 bits per heavy atom. The summed E-state index contributed by atoms with van der Waals surface area (Å²) in [5.41, 5.74) is 2.64. The van der Waals surface area contributed by atoms with Crippen molar-refractivity contribution in [1.82, 2.24) is 10.2 Å². The number of piperidine rings is 1. The number of carbonyl (C=O) groups is 1. The lowest BCUT2D eigenvalue weighted by Crippen LogP contribution is -2.46. The van der Waals surface area contributed by atoms with Gasteiger partial charge in [-0.15, -0.1) is 0 Å². The third kappa shape index (κ3) is 2.59. The van der Waals surface area contributed by atoms with Crippen LogP contribution in [0.4, 0.5) is 0 Å². The van der Waals surface area contributed by atoms with Gasteiger partial charge in [-0.1, -0.05) is 24.3 Å². The van der Waals surface area contributed by atoms with Crippen LogP contribution in [0, 0.1) is 0 Å². The molecule has 3 nitrogen and oxygen atoms in total. The second-order valence-electron chi connectivity index (χ2n) is 6.07. The highest BCUT2D eigenvalue weighted by Gasteiger charge is 2.31. The molecular formula is C17H24N2O. The van der Waals surface area contributed by atoms with E-state index >= 15 is 0 Å². The van der Waals surface area contributed by atoms with Crippen LogP contribution in [-0.2, 0) is 11.2 Å². The Hall–Kier alpha value is -1.35. The number of likely N-dealkylation sites (N-methyl/N-ethyl adjacent to an activating group) is 1.